The van der Waals surface area contributed by atoms with Crippen molar-refractivity contribution in [3.8, 4) is 0 Å². The monoisotopic (exact) mass is 166 g/mol. The van der Waals surface area contributed by atoms with Gasteiger partial charge < -0.3 is 0 Å². The second-order valence-corrected chi connectivity index (χ2v) is 5.31. The van der Waals surface area contributed by atoms with Gasteiger partial charge in [-0.05, 0) is 5.54 Å². The van der Waals surface area contributed by atoms with E-state index in [9.17, 15) is 0 Å². The molecule has 0 aliphatic heterocycles. The molecule has 6 heavy (non-hydrogen) atoms. The van der Waals surface area contributed by atoms with Crippen molar-refractivity contribution in [2.24, 2.45) is 0 Å². The topological polar surface area (TPSA) is 0 Å². The average molecular weight is 167 g/mol. The second kappa shape index (κ2) is 3.87. The molecular weight excluding hydrogens is 156 g/mol. The van der Waals surface area contributed by atoms with Gasteiger partial charge in [-0.2, -0.15) is 0 Å². The summed E-state index contributed by atoms with van der Waals surface area (Å²) in [6, 6.07) is 0. The van der Waals surface area contributed by atoms with Gasteiger partial charge in [0.2, 0.25) is 0 Å². The van der Waals surface area contributed by atoms with Gasteiger partial charge in [0, 0.05) is 0 Å². The fourth-order valence-electron chi connectivity index (χ4n) is 0.109. The van der Waals surface area contributed by atoms with E-state index in [0.717, 1.165) is 5.54 Å². The maximum atomic E-state index is 3.51. The summed E-state index contributed by atoms with van der Waals surface area (Å²) in [5.74, 6) is 0. The van der Waals surface area contributed by atoms with Crippen molar-refractivity contribution in [2.45, 2.75) is 25.8 Å². The Labute approximate surface area is 49.7 Å². The van der Waals surface area contributed by atoms with Crippen LogP contribution in [0.5, 0.6) is 0 Å². The molecule has 0 rings (SSSR count). The first-order valence-corrected chi connectivity index (χ1v) is 7.08. The molecule has 1 atom stereocenters. The first-order chi connectivity index (χ1) is 2.81. The van der Waals surface area contributed by atoms with Gasteiger partial charge in [-0.25, -0.2) is 0 Å². The van der Waals surface area contributed by atoms with Crippen LogP contribution >= 0.6 is 15.3 Å². The molecule has 0 aromatic heterocycles. The maximum Gasteiger partial charge on any atom is 0.101 e. The van der Waals surface area contributed by atoms with Crippen molar-refractivity contribution < 1.29 is 0 Å². The molecular formula is C4H11BrSi. The predicted octanol–water partition coefficient (Wildman–Crippen LogP) is 1.68. The third-order valence-corrected chi connectivity index (χ3v) is 5.38. The molecule has 0 spiro atoms. The summed E-state index contributed by atoms with van der Waals surface area (Å²) in [5, 5.41) is 0. The Hall–Kier alpha value is 0.697. The molecule has 0 saturated carbocycles. The molecule has 0 aromatic rings. The van der Waals surface area contributed by atoms with Crippen molar-refractivity contribution in [1.82, 2.24) is 0 Å². The zero-order valence-electron chi connectivity index (χ0n) is 4.37. The molecule has 0 aliphatic carbocycles. The number of halogens is 1. The Morgan fingerprint density at radius 1 is 1.83 bits per heavy atom. The summed E-state index contributed by atoms with van der Waals surface area (Å²) < 4.78 is 0. The first kappa shape index (κ1) is 6.70. The van der Waals surface area contributed by atoms with Gasteiger partial charge in [0.1, 0.15) is 8.14 Å². The largest absolute Gasteiger partial charge is 0.135 e. The summed E-state index contributed by atoms with van der Waals surface area (Å²) in [6.45, 7) is 4.53. The van der Waals surface area contributed by atoms with Gasteiger partial charge in [-0.15, -0.1) is 15.3 Å². The molecule has 0 aliphatic rings. The zero-order chi connectivity index (χ0) is 4.99. The highest BCUT2D eigenvalue weighted by atomic mass is 79.9. The summed E-state index contributed by atoms with van der Waals surface area (Å²) in [4.78, 5) is 0. The normalized spacial score (nSPS) is 16.5. The van der Waals surface area contributed by atoms with Gasteiger partial charge in [0.25, 0.3) is 0 Å². The predicted molar refractivity (Wildman–Crippen MR) is 37.2 cm³/mol. The molecule has 0 nitrogen and oxygen atoms in total. The van der Waals surface area contributed by atoms with E-state index >= 15 is 0 Å². The van der Waals surface area contributed by atoms with Crippen LogP contribution in [0.2, 0.25) is 5.54 Å². The minimum absolute atomic E-state index is 0.151. The van der Waals surface area contributed by atoms with Crippen molar-refractivity contribution >= 4 is 23.4 Å². The van der Waals surface area contributed by atoms with Crippen LogP contribution in [0.1, 0.15) is 20.3 Å². The number of rotatable bonds is 2. The van der Waals surface area contributed by atoms with Gasteiger partial charge in [0.05, 0.1) is 0 Å². The van der Waals surface area contributed by atoms with Crippen LogP contribution < -0.4 is 0 Å². The first-order valence-electron chi connectivity index (χ1n) is 2.37. The quantitative estimate of drug-likeness (QED) is 0.433. The van der Waals surface area contributed by atoms with E-state index in [2.05, 4.69) is 29.1 Å². The third kappa shape index (κ3) is 2.91. The number of hydrogen-bond donors (Lipinski definition) is 0. The van der Waals surface area contributed by atoms with Crippen LogP contribution in [0, 0.1) is 0 Å². The SMILES string of the molecule is CCC(C)[SiH2]Br. The molecule has 0 fully saturated rings. The lowest BCUT2D eigenvalue weighted by molar-refractivity contribution is 0.878. The summed E-state index contributed by atoms with van der Waals surface area (Å²) in [6.07, 6.45) is 1.34. The van der Waals surface area contributed by atoms with E-state index in [1.54, 1.807) is 0 Å². The second-order valence-electron chi connectivity index (χ2n) is 1.67. The molecule has 0 N–H and O–H groups in total. The minimum Gasteiger partial charge on any atom is -0.135 e. The fraction of sp³-hybridized carbons (Fsp3) is 1.00. The highest BCUT2D eigenvalue weighted by molar-refractivity contribution is 9.23. The molecule has 0 saturated heterocycles. The highest BCUT2D eigenvalue weighted by Gasteiger charge is 1.91. The maximum absolute atomic E-state index is 3.51. The standard InChI is InChI=1S/C4H11BrSi/c1-3-4(2)6-5/h4H,3,6H2,1-2H3. The van der Waals surface area contributed by atoms with E-state index in [-0.39, 0.29) is 8.14 Å². The lowest BCUT2D eigenvalue weighted by Crippen LogP contribution is -1.86. The van der Waals surface area contributed by atoms with Crippen LogP contribution in [0.15, 0.2) is 0 Å². The van der Waals surface area contributed by atoms with Crippen LogP contribution in [-0.4, -0.2) is 8.14 Å². The van der Waals surface area contributed by atoms with Gasteiger partial charge >= 0.3 is 0 Å². The highest BCUT2D eigenvalue weighted by Crippen LogP contribution is 2.07. The fourth-order valence-corrected chi connectivity index (χ4v) is 1.70. The Morgan fingerprint density at radius 3 is 2.33 bits per heavy atom. The lowest BCUT2D eigenvalue weighted by atomic mass is 10.4. The lowest BCUT2D eigenvalue weighted by Gasteiger charge is -1.96. The Kier molecular flexibility index (Phi) is 4.32. The Bertz CT molecular complexity index is 26.7. The van der Waals surface area contributed by atoms with Gasteiger partial charge in [-0.1, -0.05) is 20.3 Å². The van der Waals surface area contributed by atoms with Crippen LogP contribution in [0.25, 0.3) is 0 Å². The molecule has 2 heteroatoms. The van der Waals surface area contributed by atoms with Crippen molar-refractivity contribution in [3.05, 3.63) is 0 Å². The molecule has 0 bridgehead atoms. The van der Waals surface area contributed by atoms with E-state index < -0.39 is 0 Å². The molecule has 0 heterocycles. The van der Waals surface area contributed by atoms with E-state index in [1.807, 2.05) is 0 Å². The number of hydrogen-bond acceptors (Lipinski definition) is 0. The molecule has 0 radical (unpaired) electrons. The van der Waals surface area contributed by atoms with Crippen molar-refractivity contribution in [1.29, 1.82) is 0 Å². The zero-order valence-corrected chi connectivity index (χ0v) is 7.37. The van der Waals surface area contributed by atoms with Gasteiger partial charge in [0.15, 0.2) is 0 Å². The minimum atomic E-state index is 0.151. The smallest absolute Gasteiger partial charge is 0.101 e. The Balaban J connectivity index is 2.75. The third-order valence-electron chi connectivity index (χ3n) is 0.960. The van der Waals surface area contributed by atoms with Crippen molar-refractivity contribution in [3.63, 3.8) is 0 Å². The Morgan fingerprint density at radius 2 is 2.33 bits per heavy atom. The van der Waals surface area contributed by atoms with Crippen LogP contribution in [0.3, 0.4) is 0 Å². The van der Waals surface area contributed by atoms with Crippen LogP contribution in [0.4, 0.5) is 0 Å². The van der Waals surface area contributed by atoms with E-state index in [4.69, 9.17) is 0 Å². The summed E-state index contributed by atoms with van der Waals surface area (Å²) in [5.41, 5.74) is 0.991. The molecule has 1 unspecified atom stereocenters. The summed E-state index contributed by atoms with van der Waals surface area (Å²) >= 11 is 3.51. The van der Waals surface area contributed by atoms with E-state index in [1.165, 1.54) is 6.42 Å². The van der Waals surface area contributed by atoms with E-state index in [0.29, 0.717) is 0 Å². The molecule has 0 amide bonds. The van der Waals surface area contributed by atoms with Crippen LogP contribution in [-0.2, 0) is 0 Å². The average Bonchev–Trinajstić information content (AvgIpc) is 1.65. The molecule has 0 aromatic carbocycles. The van der Waals surface area contributed by atoms with Gasteiger partial charge in [-0.3, -0.25) is 0 Å². The summed E-state index contributed by atoms with van der Waals surface area (Å²) in [7, 11) is 0.151. The van der Waals surface area contributed by atoms with Crippen molar-refractivity contribution in [2.75, 3.05) is 0 Å². The molecule has 38 valence electrons.